The van der Waals surface area contributed by atoms with Crippen LogP contribution >= 0.6 is 0 Å². The summed E-state index contributed by atoms with van der Waals surface area (Å²) >= 11 is 0. The molecule has 2 N–H and O–H groups in total. The summed E-state index contributed by atoms with van der Waals surface area (Å²) in [6.45, 7) is 1.92. The van der Waals surface area contributed by atoms with Crippen LogP contribution in [-0.4, -0.2) is 23.0 Å². The lowest BCUT2D eigenvalue weighted by Gasteiger charge is -2.09. The number of aryl methyl sites for hydroxylation is 1. The molecule has 1 heterocycles. The Balaban J connectivity index is 2.11. The zero-order valence-electron chi connectivity index (χ0n) is 11.3. The Hall–Kier alpha value is -2.63. The maximum absolute atomic E-state index is 11.9. The fourth-order valence-corrected chi connectivity index (χ4v) is 1.77. The van der Waals surface area contributed by atoms with Gasteiger partial charge in [0, 0.05) is 18.3 Å². The minimum atomic E-state index is -0.468. The maximum Gasteiger partial charge on any atom is 0.263 e. The lowest BCUT2D eigenvalue weighted by molar-refractivity contribution is 0.0948. The molecular weight excluding hydrogens is 258 g/mol. The summed E-state index contributed by atoms with van der Waals surface area (Å²) in [5.74, 6) is 0.685. The van der Waals surface area contributed by atoms with Gasteiger partial charge in [0.05, 0.1) is 7.11 Å². The number of aromatic amines is 1. The van der Waals surface area contributed by atoms with E-state index in [1.165, 1.54) is 6.20 Å². The Morgan fingerprint density at radius 2 is 2.15 bits per heavy atom. The summed E-state index contributed by atoms with van der Waals surface area (Å²) in [6.07, 6.45) is 1.27. The molecule has 0 saturated heterocycles. The number of H-pyrrole nitrogens is 1. The Kier molecular flexibility index (Phi) is 4.14. The molecule has 0 aliphatic rings. The van der Waals surface area contributed by atoms with Gasteiger partial charge in [-0.25, -0.2) is 4.98 Å². The maximum atomic E-state index is 11.9. The summed E-state index contributed by atoms with van der Waals surface area (Å²) in [6, 6.07) is 7.35. The van der Waals surface area contributed by atoms with Crippen LogP contribution in [0.25, 0.3) is 0 Å². The number of aromatic nitrogens is 2. The number of rotatable bonds is 4. The van der Waals surface area contributed by atoms with Crippen molar-refractivity contribution < 1.29 is 9.53 Å². The number of nitrogens with one attached hydrogen (secondary N) is 2. The van der Waals surface area contributed by atoms with Crippen LogP contribution in [0.5, 0.6) is 5.75 Å². The van der Waals surface area contributed by atoms with Crippen molar-refractivity contribution in [2.24, 2.45) is 0 Å². The zero-order valence-corrected chi connectivity index (χ0v) is 11.3. The third-order valence-electron chi connectivity index (χ3n) is 2.80. The second-order valence-corrected chi connectivity index (χ2v) is 4.21. The number of para-hydroxylation sites is 1. The summed E-state index contributed by atoms with van der Waals surface area (Å²) in [4.78, 5) is 30.0. The molecule has 2 rings (SSSR count). The first-order chi connectivity index (χ1) is 9.61. The molecule has 6 nitrogen and oxygen atoms in total. The van der Waals surface area contributed by atoms with Gasteiger partial charge < -0.3 is 15.0 Å². The van der Waals surface area contributed by atoms with Crippen LogP contribution in [0.3, 0.4) is 0 Å². The second kappa shape index (κ2) is 6.01. The Morgan fingerprint density at radius 1 is 1.40 bits per heavy atom. The highest BCUT2D eigenvalue weighted by atomic mass is 16.5. The highest BCUT2D eigenvalue weighted by molar-refractivity contribution is 5.93. The van der Waals surface area contributed by atoms with Crippen LogP contribution in [0.4, 0.5) is 0 Å². The molecule has 2 aromatic rings. The van der Waals surface area contributed by atoms with Crippen molar-refractivity contribution in [3.8, 4) is 5.75 Å². The van der Waals surface area contributed by atoms with Gasteiger partial charge in [0.15, 0.2) is 0 Å². The zero-order chi connectivity index (χ0) is 14.5. The van der Waals surface area contributed by atoms with E-state index in [1.54, 1.807) is 14.0 Å². The van der Waals surface area contributed by atoms with Crippen molar-refractivity contribution in [2.45, 2.75) is 13.5 Å². The number of benzene rings is 1. The summed E-state index contributed by atoms with van der Waals surface area (Å²) in [7, 11) is 1.56. The van der Waals surface area contributed by atoms with E-state index in [9.17, 15) is 9.59 Å². The van der Waals surface area contributed by atoms with Crippen molar-refractivity contribution in [2.75, 3.05) is 7.11 Å². The van der Waals surface area contributed by atoms with Crippen LogP contribution in [0, 0.1) is 6.92 Å². The van der Waals surface area contributed by atoms with Gasteiger partial charge in [0.1, 0.15) is 17.1 Å². The van der Waals surface area contributed by atoms with E-state index in [0.29, 0.717) is 11.6 Å². The molecule has 0 aliphatic heterocycles. The first-order valence-corrected chi connectivity index (χ1v) is 6.08. The molecule has 1 aromatic carbocycles. The van der Waals surface area contributed by atoms with Gasteiger partial charge in [0.25, 0.3) is 11.5 Å². The van der Waals surface area contributed by atoms with E-state index in [4.69, 9.17) is 4.74 Å². The second-order valence-electron chi connectivity index (χ2n) is 4.21. The molecule has 0 bridgehead atoms. The van der Waals surface area contributed by atoms with E-state index < -0.39 is 11.5 Å². The lowest BCUT2D eigenvalue weighted by Crippen LogP contribution is -2.30. The van der Waals surface area contributed by atoms with Crippen molar-refractivity contribution >= 4 is 5.91 Å². The standard InChI is InChI=1S/C14H15N3O3/c1-9-15-8-11(14(19)17-9)13(18)16-7-10-5-3-4-6-12(10)20-2/h3-6,8H,7H2,1-2H3,(H,16,18)(H,15,17,19). The van der Waals surface area contributed by atoms with Crippen LogP contribution < -0.4 is 15.6 Å². The van der Waals surface area contributed by atoms with Gasteiger partial charge in [-0.1, -0.05) is 18.2 Å². The molecule has 0 saturated carbocycles. The average Bonchev–Trinajstić information content (AvgIpc) is 2.45. The highest BCUT2D eigenvalue weighted by Gasteiger charge is 2.11. The summed E-state index contributed by atoms with van der Waals surface area (Å²) in [5, 5.41) is 2.67. The Labute approximate surface area is 115 Å². The van der Waals surface area contributed by atoms with Crippen molar-refractivity contribution in [3.63, 3.8) is 0 Å². The normalized spacial score (nSPS) is 10.1. The number of carbonyl (C=O) groups excluding carboxylic acids is 1. The van der Waals surface area contributed by atoms with E-state index in [1.807, 2.05) is 24.3 Å². The van der Waals surface area contributed by atoms with E-state index >= 15 is 0 Å². The van der Waals surface area contributed by atoms with E-state index in [0.717, 1.165) is 5.56 Å². The first-order valence-electron chi connectivity index (χ1n) is 6.08. The SMILES string of the molecule is COc1ccccc1CNC(=O)c1cnc(C)[nH]c1=O. The Bertz CT molecular complexity index is 679. The lowest BCUT2D eigenvalue weighted by atomic mass is 10.2. The fraction of sp³-hybridized carbons (Fsp3) is 0.214. The highest BCUT2D eigenvalue weighted by Crippen LogP contribution is 2.16. The minimum absolute atomic E-state index is 0.00880. The number of hydrogen-bond donors (Lipinski definition) is 2. The quantitative estimate of drug-likeness (QED) is 0.871. The van der Waals surface area contributed by atoms with E-state index in [-0.39, 0.29) is 12.1 Å². The van der Waals surface area contributed by atoms with Crippen molar-refractivity contribution in [3.05, 3.63) is 57.8 Å². The molecule has 20 heavy (non-hydrogen) atoms. The monoisotopic (exact) mass is 273 g/mol. The average molecular weight is 273 g/mol. The van der Waals surface area contributed by atoms with Crippen LogP contribution in [0.1, 0.15) is 21.7 Å². The molecular formula is C14H15N3O3. The summed E-state index contributed by atoms with van der Waals surface area (Å²) < 4.78 is 5.19. The topological polar surface area (TPSA) is 84.1 Å². The summed E-state index contributed by atoms with van der Waals surface area (Å²) in [5.41, 5.74) is 0.375. The predicted octanol–water partition coefficient (Wildman–Crippen LogP) is 1.02. The van der Waals surface area contributed by atoms with Gasteiger partial charge in [-0.3, -0.25) is 9.59 Å². The van der Waals surface area contributed by atoms with Gasteiger partial charge in [-0.15, -0.1) is 0 Å². The molecule has 0 aliphatic carbocycles. The molecule has 104 valence electrons. The fourth-order valence-electron chi connectivity index (χ4n) is 1.77. The number of carbonyl (C=O) groups is 1. The molecule has 0 spiro atoms. The number of hydrogen-bond acceptors (Lipinski definition) is 4. The van der Waals surface area contributed by atoms with Gasteiger partial charge in [-0.2, -0.15) is 0 Å². The molecule has 0 atom stereocenters. The Morgan fingerprint density at radius 3 is 2.85 bits per heavy atom. The van der Waals surface area contributed by atoms with Crippen molar-refractivity contribution in [1.82, 2.24) is 15.3 Å². The predicted molar refractivity (Wildman–Crippen MR) is 73.8 cm³/mol. The van der Waals surface area contributed by atoms with Crippen molar-refractivity contribution in [1.29, 1.82) is 0 Å². The number of amides is 1. The third-order valence-corrected chi connectivity index (χ3v) is 2.80. The molecule has 1 aromatic heterocycles. The van der Waals surface area contributed by atoms with Crippen LogP contribution in [0.2, 0.25) is 0 Å². The van der Waals surface area contributed by atoms with Gasteiger partial charge in [-0.05, 0) is 13.0 Å². The molecule has 0 unspecified atom stereocenters. The third kappa shape index (κ3) is 3.03. The van der Waals surface area contributed by atoms with Crippen LogP contribution in [0.15, 0.2) is 35.3 Å². The number of nitrogens with zero attached hydrogens (tertiary/aromatic N) is 1. The van der Waals surface area contributed by atoms with Gasteiger partial charge in [0.2, 0.25) is 0 Å². The first kappa shape index (κ1) is 13.8. The number of methoxy groups -OCH3 is 1. The van der Waals surface area contributed by atoms with Crippen LogP contribution in [-0.2, 0) is 6.54 Å². The largest absolute Gasteiger partial charge is 0.496 e. The molecule has 0 fully saturated rings. The smallest absolute Gasteiger partial charge is 0.263 e. The molecule has 6 heteroatoms. The van der Waals surface area contributed by atoms with Gasteiger partial charge >= 0.3 is 0 Å². The number of ether oxygens (including phenoxy) is 1. The minimum Gasteiger partial charge on any atom is -0.496 e. The molecule has 1 amide bonds. The molecule has 0 radical (unpaired) electrons. The van der Waals surface area contributed by atoms with E-state index in [2.05, 4.69) is 15.3 Å².